The maximum Gasteiger partial charge on any atom is 0.254 e. The molecule has 4 nitrogen and oxygen atoms in total. The molecule has 0 spiro atoms. The number of amides is 1. The van der Waals surface area contributed by atoms with Gasteiger partial charge in [0.15, 0.2) is 0 Å². The minimum atomic E-state index is -0.338. The van der Waals surface area contributed by atoms with E-state index in [-0.39, 0.29) is 18.1 Å². The maximum absolute atomic E-state index is 12.6. The summed E-state index contributed by atoms with van der Waals surface area (Å²) in [6.07, 6.45) is -0.338. The van der Waals surface area contributed by atoms with Crippen molar-refractivity contribution >= 4 is 17.5 Å². The molecule has 1 saturated heterocycles. The number of benzene rings is 1. The average Bonchev–Trinajstić information content (AvgIpc) is 2.36. The summed E-state index contributed by atoms with van der Waals surface area (Å²) in [5.74, 6) is 0.0322. The first-order valence-electron chi connectivity index (χ1n) is 7.35. The fourth-order valence-electron chi connectivity index (χ4n) is 2.90. The van der Waals surface area contributed by atoms with Gasteiger partial charge in [0.2, 0.25) is 0 Å². The van der Waals surface area contributed by atoms with Crippen molar-refractivity contribution in [1.82, 2.24) is 9.80 Å². The molecule has 1 aromatic carbocycles. The van der Waals surface area contributed by atoms with Crippen molar-refractivity contribution in [2.45, 2.75) is 32.9 Å². The van der Waals surface area contributed by atoms with Crippen molar-refractivity contribution in [3.8, 4) is 0 Å². The van der Waals surface area contributed by atoms with Crippen LogP contribution >= 0.6 is 11.6 Å². The van der Waals surface area contributed by atoms with E-state index in [0.717, 1.165) is 18.7 Å². The van der Waals surface area contributed by atoms with E-state index >= 15 is 0 Å². The number of β-amino-alcohol motifs (C(OH)–C–C–N with tert-alkyl or cyclic N) is 1. The summed E-state index contributed by atoms with van der Waals surface area (Å²) in [4.78, 5) is 16.7. The second-order valence-corrected chi connectivity index (χ2v) is 6.41. The summed E-state index contributed by atoms with van der Waals surface area (Å²) in [5, 5.41) is 10.1. The van der Waals surface area contributed by atoms with Gasteiger partial charge in [-0.25, -0.2) is 0 Å². The van der Waals surface area contributed by atoms with Gasteiger partial charge in [-0.3, -0.25) is 9.69 Å². The third-order valence-corrected chi connectivity index (χ3v) is 4.00. The quantitative estimate of drug-likeness (QED) is 0.930. The molecule has 5 heteroatoms. The van der Waals surface area contributed by atoms with Crippen molar-refractivity contribution in [1.29, 1.82) is 0 Å². The van der Waals surface area contributed by atoms with Gasteiger partial charge < -0.3 is 10.0 Å². The van der Waals surface area contributed by atoms with Gasteiger partial charge in [-0.1, -0.05) is 11.6 Å². The second-order valence-electron chi connectivity index (χ2n) is 5.97. The number of carbonyl (C=O) groups is 1. The Hall–Kier alpha value is -1.10. The summed E-state index contributed by atoms with van der Waals surface area (Å²) in [6.45, 7) is 8.69. The monoisotopic (exact) mass is 310 g/mol. The topological polar surface area (TPSA) is 43.8 Å². The maximum atomic E-state index is 12.6. The first kappa shape index (κ1) is 16.3. The van der Waals surface area contributed by atoms with E-state index in [1.165, 1.54) is 0 Å². The molecule has 0 saturated carbocycles. The molecule has 0 radical (unpaired) electrons. The highest BCUT2D eigenvalue weighted by Crippen LogP contribution is 2.19. The minimum absolute atomic E-state index is 0.0322. The Morgan fingerprint density at radius 2 is 2.14 bits per heavy atom. The molecule has 21 heavy (non-hydrogen) atoms. The molecule has 1 aromatic rings. The van der Waals surface area contributed by atoms with E-state index in [1.807, 2.05) is 30.9 Å². The molecule has 1 N–H and O–H groups in total. The Labute approximate surface area is 131 Å². The van der Waals surface area contributed by atoms with Crippen LogP contribution in [-0.2, 0) is 0 Å². The molecule has 1 aliphatic rings. The fourth-order valence-corrected chi connectivity index (χ4v) is 3.19. The molecular formula is C16H23ClN2O2. The van der Waals surface area contributed by atoms with E-state index in [4.69, 9.17) is 11.6 Å². The van der Waals surface area contributed by atoms with Crippen molar-refractivity contribution < 1.29 is 9.90 Å². The number of hydrogen-bond donors (Lipinski definition) is 1. The zero-order valence-electron chi connectivity index (χ0n) is 12.8. The van der Waals surface area contributed by atoms with Crippen LogP contribution in [0.15, 0.2) is 18.2 Å². The Morgan fingerprint density at radius 1 is 1.43 bits per heavy atom. The highest BCUT2D eigenvalue weighted by atomic mass is 35.5. The molecule has 1 aliphatic heterocycles. The Kier molecular flexibility index (Phi) is 5.25. The number of nitrogens with zero attached hydrogens (tertiary/aromatic N) is 2. The highest BCUT2D eigenvalue weighted by Gasteiger charge is 2.28. The normalized spacial score (nSPS) is 21.4. The average molecular weight is 311 g/mol. The predicted molar refractivity (Wildman–Crippen MR) is 84.8 cm³/mol. The molecule has 0 aliphatic carbocycles. The van der Waals surface area contributed by atoms with E-state index < -0.39 is 0 Å². The van der Waals surface area contributed by atoms with Gasteiger partial charge in [0.25, 0.3) is 5.91 Å². The van der Waals surface area contributed by atoms with Crippen LogP contribution in [0.4, 0.5) is 0 Å². The van der Waals surface area contributed by atoms with Crippen LogP contribution < -0.4 is 0 Å². The molecule has 2 atom stereocenters. The number of rotatable bonds is 3. The van der Waals surface area contributed by atoms with Crippen LogP contribution in [0.1, 0.15) is 29.8 Å². The summed E-state index contributed by atoms with van der Waals surface area (Å²) in [5.41, 5.74) is 1.64. The zero-order chi connectivity index (χ0) is 15.6. The Morgan fingerprint density at radius 3 is 2.71 bits per heavy atom. The van der Waals surface area contributed by atoms with Crippen LogP contribution in [0, 0.1) is 6.92 Å². The van der Waals surface area contributed by atoms with Crippen molar-refractivity contribution in [3.63, 3.8) is 0 Å². The third kappa shape index (κ3) is 4.19. The number of piperazine rings is 1. The molecular weight excluding hydrogens is 288 g/mol. The molecule has 1 heterocycles. The number of aliphatic hydroxyl groups is 1. The fraction of sp³-hybridized carbons (Fsp3) is 0.562. The lowest BCUT2D eigenvalue weighted by molar-refractivity contribution is 0.0383. The van der Waals surface area contributed by atoms with Gasteiger partial charge in [0.1, 0.15) is 0 Å². The number of carbonyl (C=O) groups excluding carboxylic acids is 1. The summed E-state index contributed by atoms with van der Waals surface area (Å²) in [7, 11) is 0. The molecule has 1 amide bonds. The molecule has 2 rings (SSSR count). The Bertz CT molecular complexity index is 499. The van der Waals surface area contributed by atoms with E-state index in [9.17, 15) is 9.90 Å². The second kappa shape index (κ2) is 6.77. The zero-order valence-corrected chi connectivity index (χ0v) is 13.6. The van der Waals surface area contributed by atoms with Gasteiger partial charge >= 0.3 is 0 Å². The van der Waals surface area contributed by atoms with E-state index in [1.54, 1.807) is 13.0 Å². The van der Waals surface area contributed by atoms with Gasteiger partial charge in [-0.2, -0.15) is 0 Å². The lowest BCUT2D eigenvalue weighted by Gasteiger charge is -2.40. The van der Waals surface area contributed by atoms with Gasteiger partial charge in [-0.05, 0) is 44.5 Å². The molecule has 116 valence electrons. The molecule has 1 fully saturated rings. The smallest absolute Gasteiger partial charge is 0.254 e. The first-order chi connectivity index (χ1) is 9.86. The highest BCUT2D eigenvalue weighted by molar-refractivity contribution is 6.31. The molecule has 0 bridgehead atoms. The number of aryl methyl sites for hydroxylation is 1. The van der Waals surface area contributed by atoms with Crippen LogP contribution in [-0.4, -0.2) is 59.1 Å². The van der Waals surface area contributed by atoms with Crippen LogP contribution in [0.2, 0.25) is 5.02 Å². The largest absolute Gasteiger partial charge is 0.392 e. The van der Waals surface area contributed by atoms with Gasteiger partial charge in [0.05, 0.1) is 6.10 Å². The number of hydrogen-bond acceptors (Lipinski definition) is 3. The lowest BCUT2D eigenvalue weighted by Crippen LogP contribution is -2.55. The van der Waals surface area contributed by atoms with E-state index in [0.29, 0.717) is 23.7 Å². The summed E-state index contributed by atoms with van der Waals surface area (Å²) in [6, 6.07) is 5.58. The van der Waals surface area contributed by atoms with Gasteiger partial charge in [0, 0.05) is 42.8 Å². The number of aliphatic hydroxyl groups excluding tert-OH is 1. The van der Waals surface area contributed by atoms with Crippen LogP contribution in [0.3, 0.4) is 0 Å². The standard InChI is InChI=1S/C16H23ClN2O2/c1-11-6-14(8-15(17)7-11)16(21)19-5-4-18(9-12(19)2)10-13(3)20/h6-8,12-13,20H,4-5,9-10H2,1-3H3. The predicted octanol–water partition coefficient (Wildman–Crippen LogP) is 2.18. The van der Waals surface area contributed by atoms with Crippen molar-refractivity contribution in [2.24, 2.45) is 0 Å². The SMILES string of the molecule is Cc1cc(Cl)cc(C(=O)N2CCN(CC(C)O)CC2C)c1. The minimum Gasteiger partial charge on any atom is -0.392 e. The van der Waals surface area contributed by atoms with Crippen molar-refractivity contribution in [3.05, 3.63) is 34.3 Å². The third-order valence-electron chi connectivity index (χ3n) is 3.78. The molecule has 2 unspecified atom stereocenters. The number of halogens is 1. The van der Waals surface area contributed by atoms with Crippen LogP contribution in [0.25, 0.3) is 0 Å². The van der Waals surface area contributed by atoms with Gasteiger partial charge in [-0.15, -0.1) is 0 Å². The molecule has 0 aromatic heterocycles. The Balaban J connectivity index is 2.07. The summed E-state index contributed by atoms with van der Waals surface area (Å²) < 4.78 is 0. The lowest BCUT2D eigenvalue weighted by atomic mass is 10.1. The first-order valence-corrected chi connectivity index (χ1v) is 7.73. The summed E-state index contributed by atoms with van der Waals surface area (Å²) >= 11 is 6.04. The van der Waals surface area contributed by atoms with E-state index in [2.05, 4.69) is 4.90 Å². The van der Waals surface area contributed by atoms with Crippen molar-refractivity contribution in [2.75, 3.05) is 26.2 Å². The van der Waals surface area contributed by atoms with Crippen LogP contribution in [0.5, 0.6) is 0 Å².